The third-order valence-corrected chi connectivity index (χ3v) is 12.5. The summed E-state index contributed by atoms with van der Waals surface area (Å²) in [6.45, 7) is 18.9. The van der Waals surface area contributed by atoms with Crippen LogP contribution in [0.1, 0.15) is 172 Å². The molecule has 0 aromatic heterocycles. The van der Waals surface area contributed by atoms with Gasteiger partial charge >= 0.3 is 35.8 Å². The molecule has 0 fully saturated rings. The Kier molecular flexibility index (Phi) is 33.8. The maximum atomic E-state index is 12.9. The van der Waals surface area contributed by atoms with E-state index in [0.717, 1.165) is 96.3 Å². The molecule has 0 aliphatic heterocycles. The molecule has 0 unspecified atom stereocenters. The number of carbonyl (C=O) groups is 6. The molecule has 0 aliphatic carbocycles. The zero-order valence-electron chi connectivity index (χ0n) is 46.8. The van der Waals surface area contributed by atoms with E-state index in [-0.39, 0.29) is 32.5 Å². The molecule has 0 saturated carbocycles. The number of hydrogen-bond donors (Lipinski definition) is 0. The van der Waals surface area contributed by atoms with E-state index in [1.807, 2.05) is 36.4 Å². The van der Waals surface area contributed by atoms with Gasteiger partial charge in [0, 0.05) is 19.3 Å². The lowest BCUT2D eigenvalue weighted by Crippen LogP contribution is -2.30. The molecule has 3 aromatic rings. The van der Waals surface area contributed by atoms with Gasteiger partial charge < -0.3 is 42.6 Å². The molecule has 0 saturated heterocycles. The van der Waals surface area contributed by atoms with Gasteiger partial charge in [0.05, 0.1) is 56.4 Å². The van der Waals surface area contributed by atoms with Crippen molar-refractivity contribution in [1.82, 2.24) is 0 Å². The number of carbonyl (C=O) groups excluding carboxylic acids is 6. The highest BCUT2D eigenvalue weighted by atomic mass is 16.6. The highest BCUT2D eigenvalue weighted by molar-refractivity contribution is 6.16. The Labute approximate surface area is 463 Å². The largest absolute Gasteiger partial charge is 0.494 e. The Hall–Kier alpha value is -6.90. The Bertz CT molecular complexity index is 2160. The van der Waals surface area contributed by atoms with Crippen LogP contribution in [0.25, 0.3) is 16.7 Å². The molecule has 428 valence electrons. The van der Waals surface area contributed by atoms with Crippen LogP contribution in [-0.2, 0) is 57.2 Å². The van der Waals surface area contributed by atoms with Gasteiger partial charge in [-0.15, -0.1) is 0 Å². The minimum atomic E-state index is -0.911. The third-order valence-electron chi connectivity index (χ3n) is 12.5. The van der Waals surface area contributed by atoms with Crippen LogP contribution in [0.15, 0.2) is 92.5 Å². The van der Waals surface area contributed by atoms with Gasteiger partial charge in [-0.2, -0.15) is 0 Å². The van der Waals surface area contributed by atoms with Crippen molar-refractivity contribution in [3.05, 3.63) is 109 Å². The fourth-order valence-corrected chi connectivity index (χ4v) is 7.95. The lowest BCUT2D eigenvalue weighted by atomic mass is 10.1. The zero-order chi connectivity index (χ0) is 56.6. The van der Waals surface area contributed by atoms with Crippen LogP contribution in [0, 0.1) is 0 Å². The first-order chi connectivity index (χ1) is 37.8. The van der Waals surface area contributed by atoms with Crippen molar-refractivity contribution < 1.29 is 71.4 Å². The summed E-state index contributed by atoms with van der Waals surface area (Å²) in [5, 5.41) is 0. The first-order valence-corrected chi connectivity index (χ1v) is 28.1. The molecule has 0 bridgehead atoms. The molecule has 78 heavy (non-hydrogen) atoms. The summed E-state index contributed by atoms with van der Waals surface area (Å²) in [6.07, 6.45) is 15.7. The second-order valence-electron chi connectivity index (χ2n) is 18.8. The molecule has 0 heterocycles. The molecule has 0 aliphatic rings. The van der Waals surface area contributed by atoms with Crippen molar-refractivity contribution in [1.29, 1.82) is 0 Å². The van der Waals surface area contributed by atoms with E-state index >= 15 is 0 Å². The summed E-state index contributed by atoms with van der Waals surface area (Å²) < 4.78 is 49.4. The summed E-state index contributed by atoms with van der Waals surface area (Å²) >= 11 is 0. The third kappa shape index (κ3) is 28.5. The summed E-state index contributed by atoms with van der Waals surface area (Å²) in [5.74, 6) is -0.389. The predicted octanol–water partition coefficient (Wildman–Crippen LogP) is 13.1. The van der Waals surface area contributed by atoms with Gasteiger partial charge in [0.25, 0.3) is 0 Å². The van der Waals surface area contributed by atoms with Crippen molar-refractivity contribution in [2.45, 2.75) is 162 Å². The first-order valence-electron chi connectivity index (χ1n) is 28.1. The van der Waals surface area contributed by atoms with Crippen molar-refractivity contribution in [2.24, 2.45) is 0 Å². The SMILES string of the molecule is C=C(C(=O)OCC)c1ccc(OCCCCCCCCC(=O)OCC(COC(=O)CCCCCCCCOc2ccc(C(=C)C(=O)OCC)cc2)OC(=O)CCCCCCCCOc2ccc(C(=C)C(=O)OCC)cc2)cc1. The molecule has 0 radical (unpaired) electrons. The average molecular weight is 1080 g/mol. The minimum Gasteiger partial charge on any atom is -0.494 e. The molecule has 0 atom stereocenters. The highest BCUT2D eigenvalue weighted by Gasteiger charge is 2.20. The van der Waals surface area contributed by atoms with Gasteiger partial charge in [0.2, 0.25) is 0 Å². The molecule has 3 aromatic carbocycles. The predicted molar refractivity (Wildman–Crippen MR) is 302 cm³/mol. The van der Waals surface area contributed by atoms with Gasteiger partial charge in [-0.3, -0.25) is 14.4 Å². The minimum absolute atomic E-state index is 0.197. The van der Waals surface area contributed by atoms with E-state index in [4.69, 9.17) is 42.6 Å². The van der Waals surface area contributed by atoms with E-state index in [2.05, 4.69) is 19.7 Å². The quantitative estimate of drug-likeness (QED) is 0.0225. The summed E-state index contributed by atoms with van der Waals surface area (Å²) in [7, 11) is 0. The fraction of sp³-hybridized carbons (Fsp3) is 0.524. The van der Waals surface area contributed by atoms with Crippen LogP contribution < -0.4 is 14.2 Å². The Morgan fingerprint density at radius 3 is 0.885 bits per heavy atom. The van der Waals surface area contributed by atoms with Gasteiger partial charge in [0.1, 0.15) is 30.5 Å². The second kappa shape index (κ2) is 40.3. The van der Waals surface area contributed by atoms with E-state index in [1.54, 1.807) is 57.2 Å². The number of benzene rings is 3. The summed E-state index contributed by atoms with van der Waals surface area (Å²) in [4.78, 5) is 74.2. The van der Waals surface area contributed by atoms with Crippen molar-refractivity contribution >= 4 is 52.5 Å². The molecule has 3 rings (SSSR count). The van der Waals surface area contributed by atoms with E-state index in [0.29, 0.717) is 110 Å². The lowest BCUT2D eigenvalue weighted by Gasteiger charge is -2.18. The van der Waals surface area contributed by atoms with Crippen molar-refractivity contribution in [3.63, 3.8) is 0 Å². The Morgan fingerprint density at radius 2 is 0.603 bits per heavy atom. The maximum absolute atomic E-state index is 12.9. The van der Waals surface area contributed by atoms with E-state index in [9.17, 15) is 28.8 Å². The summed E-state index contributed by atoms with van der Waals surface area (Å²) in [5.41, 5.74) is 2.99. The first kappa shape index (κ1) is 65.4. The number of hydrogen-bond acceptors (Lipinski definition) is 15. The number of rotatable bonds is 44. The van der Waals surface area contributed by atoms with Crippen LogP contribution in [0.2, 0.25) is 0 Å². The lowest BCUT2D eigenvalue weighted by molar-refractivity contribution is -0.167. The standard InChI is InChI=1S/C63H86O15/c1-7-70-61(67)48(4)51-31-37-54(38-32-51)73-43-25-19-13-10-16-22-28-58(64)76-46-57(78-60(66)30-24-18-12-15-21-27-45-75-56-41-35-53(36-42-56)50(6)63(69)72-9-3)47-77-59(65)29-23-17-11-14-20-26-44-74-55-39-33-52(34-40-55)49(5)62(68)71-8-2/h31-42,57H,4-30,43-47H2,1-3H3. The van der Waals surface area contributed by atoms with Crippen LogP contribution in [0.3, 0.4) is 0 Å². The molecule has 0 N–H and O–H groups in total. The van der Waals surface area contributed by atoms with Crippen molar-refractivity contribution in [2.75, 3.05) is 52.9 Å². The van der Waals surface area contributed by atoms with Crippen LogP contribution >= 0.6 is 0 Å². The van der Waals surface area contributed by atoms with E-state index < -0.39 is 41.9 Å². The van der Waals surface area contributed by atoms with Gasteiger partial charge in [-0.25, -0.2) is 14.4 Å². The van der Waals surface area contributed by atoms with Crippen LogP contribution in [-0.4, -0.2) is 94.8 Å². The number of esters is 6. The summed E-state index contributed by atoms with van der Waals surface area (Å²) in [6, 6.07) is 21.6. The Morgan fingerprint density at radius 1 is 0.346 bits per heavy atom. The van der Waals surface area contributed by atoms with Crippen LogP contribution in [0.4, 0.5) is 0 Å². The normalized spacial score (nSPS) is 10.8. The van der Waals surface area contributed by atoms with Gasteiger partial charge in [-0.05, 0) is 112 Å². The number of unbranched alkanes of at least 4 members (excludes halogenated alkanes) is 15. The average Bonchev–Trinajstić information content (AvgIpc) is 3.44. The Balaban J connectivity index is 1.31. The fourth-order valence-electron chi connectivity index (χ4n) is 7.95. The molecule has 15 heteroatoms. The second-order valence-corrected chi connectivity index (χ2v) is 18.8. The molecular formula is C63H86O15. The van der Waals surface area contributed by atoms with E-state index in [1.165, 1.54) is 0 Å². The van der Waals surface area contributed by atoms with Gasteiger partial charge in [-0.1, -0.05) is 133 Å². The smallest absolute Gasteiger partial charge is 0.338 e. The topological polar surface area (TPSA) is 185 Å². The van der Waals surface area contributed by atoms with Crippen molar-refractivity contribution in [3.8, 4) is 17.2 Å². The molecule has 0 amide bonds. The molecule has 0 spiro atoms. The molecular weight excluding hydrogens is 997 g/mol. The zero-order valence-corrected chi connectivity index (χ0v) is 46.8. The van der Waals surface area contributed by atoms with Gasteiger partial charge in [0.15, 0.2) is 6.10 Å². The number of ether oxygens (including phenoxy) is 9. The maximum Gasteiger partial charge on any atom is 0.338 e. The monoisotopic (exact) mass is 1080 g/mol. The highest BCUT2D eigenvalue weighted by Crippen LogP contribution is 2.23. The van der Waals surface area contributed by atoms with Crippen LogP contribution in [0.5, 0.6) is 17.2 Å². The molecule has 15 nitrogen and oxygen atoms in total.